The van der Waals surface area contributed by atoms with Crippen molar-refractivity contribution in [3.8, 4) is 17.2 Å². The van der Waals surface area contributed by atoms with Gasteiger partial charge in [-0.15, -0.1) is 0 Å². The molecule has 1 aromatic carbocycles. The zero-order chi connectivity index (χ0) is 21.4. The zero-order valence-corrected chi connectivity index (χ0v) is 17.1. The van der Waals surface area contributed by atoms with Gasteiger partial charge in [0.2, 0.25) is 0 Å². The molecule has 29 heavy (non-hydrogen) atoms. The lowest BCUT2D eigenvalue weighted by molar-refractivity contribution is -0.158. The molecule has 0 aliphatic carbocycles. The lowest BCUT2D eigenvalue weighted by Gasteiger charge is -2.25. The maximum absolute atomic E-state index is 12.5. The number of pyridine rings is 1. The molecule has 7 nitrogen and oxygen atoms in total. The SMILES string of the molecule is CC[C@@H](OC(=O)[C@H](C)CC(=O)c1nccc(OC)c1O)[C@H](C)Oc1ccccc1. The molecule has 1 N–H and O–H groups in total. The van der Waals surface area contributed by atoms with Crippen molar-refractivity contribution < 1.29 is 28.9 Å². The third-order valence-electron chi connectivity index (χ3n) is 4.52. The lowest BCUT2D eigenvalue weighted by atomic mass is 10.0. The number of benzene rings is 1. The van der Waals surface area contributed by atoms with Crippen molar-refractivity contribution in [3.05, 3.63) is 48.3 Å². The zero-order valence-electron chi connectivity index (χ0n) is 17.1. The number of aromatic hydroxyl groups is 1. The first kappa shape index (κ1) is 22.2. The Morgan fingerprint density at radius 2 is 1.83 bits per heavy atom. The largest absolute Gasteiger partial charge is 0.503 e. The first-order valence-corrected chi connectivity index (χ1v) is 9.54. The summed E-state index contributed by atoms with van der Waals surface area (Å²) in [6, 6.07) is 10.7. The van der Waals surface area contributed by atoms with E-state index in [1.807, 2.05) is 44.2 Å². The first-order chi connectivity index (χ1) is 13.9. The third-order valence-corrected chi connectivity index (χ3v) is 4.52. The van der Waals surface area contributed by atoms with Gasteiger partial charge in [-0.25, -0.2) is 4.98 Å². The maximum Gasteiger partial charge on any atom is 0.309 e. The second-order valence-electron chi connectivity index (χ2n) is 6.76. The van der Waals surface area contributed by atoms with Crippen molar-refractivity contribution in [2.24, 2.45) is 5.92 Å². The van der Waals surface area contributed by atoms with Crippen LogP contribution in [0, 0.1) is 5.92 Å². The summed E-state index contributed by atoms with van der Waals surface area (Å²) in [6.45, 7) is 5.34. The van der Waals surface area contributed by atoms with Gasteiger partial charge in [-0.05, 0) is 25.5 Å². The highest BCUT2D eigenvalue weighted by Crippen LogP contribution is 2.29. The van der Waals surface area contributed by atoms with Gasteiger partial charge in [0.1, 0.15) is 18.0 Å². The van der Waals surface area contributed by atoms with Gasteiger partial charge in [-0.3, -0.25) is 9.59 Å². The second-order valence-corrected chi connectivity index (χ2v) is 6.76. The predicted molar refractivity (Wildman–Crippen MR) is 107 cm³/mol. The molecule has 1 aromatic heterocycles. The number of para-hydroxylation sites is 1. The molecule has 0 saturated carbocycles. The summed E-state index contributed by atoms with van der Waals surface area (Å²) in [7, 11) is 1.38. The molecule has 0 aliphatic heterocycles. The van der Waals surface area contributed by atoms with Gasteiger partial charge in [0.25, 0.3) is 0 Å². The summed E-state index contributed by atoms with van der Waals surface area (Å²) in [5.74, 6) is -1.16. The highest BCUT2D eigenvalue weighted by atomic mass is 16.6. The molecule has 0 unspecified atom stereocenters. The van der Waals surface area contributed by atoms with Gasteiger partial charge in [-0.1, -0.05) is 32.0 Å². The van der Waals surface area contributed by atoms with Crippen LogP contribution in [0.2, 0.25) is 0 Å². The van der Waals surface area contributed by atoms with Crippen molar-refractivity contribution in [2.75, 3.05) is 7.11 Å². The maximum atomic E-state index is 12.5. The summed E-state index contributed by atoms with van der Waals surface area (Å²) in [6.07, 6.45) is 0.988. The average molecular weight is 401 g/mol. The van der Waals surface area contributed by atoms with E-state index in [1.54, 1.807) is 6.92 Å². The first-order valence-electron chi connectivity index (χ1n) is 9.54. The molecule has 0 aliphatic rings. The molecule has 156 valence electrons. The molecule has 7 heteroatoms. The van der Waals surface area contributed by atoms with Gasteiger partial charge in [0.15, 0.2) is 23.0 Å². The van der Waals surface area contributed by atoms with Crippen LogP contribution < -0.4 is 9.47 Å². The van der Waals surface area contributed by atoms with Crippen LogP contribution in [-0.2, 0) is 9.53 Å². The highest BCUT2D eigenvalue weighted by molar-refractivity contribution is 5.99. The number of rotatable bonds is 10. The minimum absolute atomic E-state index is 0.128. The summed E-state index contributed by atoms with van der Waals surface area (Å²) in [5.41, 5.74) is -0.128. The topological polar surface area (TPSA) is 95.0 Å². The normalized spacial score (nSPS) is 13.8. The molecular weight excluding hydrogens is 374 g/mol. The Bertz CT molecular complexity index is 823. The Hall–Kier alpha value is -3.09. The van der Waals surface area contributed by atoms with Crippen molar-refractivity contribution in [1.82, 2.24) is 4.98 Å². The highest BCUT2D eigenvalue weighted by Gasteiger charge is 2.27. The van der Waals surface area contributed by atoms with Crippen LogP contribution in [0.3, 0.4) is 0 Å². The number of carbonyl (C=O) groups excluding carboxylic acids is 2. The van der Waals surface area contributed by atoms with E-state index in [9.17, 15) is 14.7 Å². The molecule has 0 radical (unpaired) electrons. The van der Waals surface area contributed by atoms with Crippen LogP contribution in [0.15, 0.2) is 42.6 Å². The van der Waals surface area contributed by atoms with Gasteiger partial charge >= 0.3 is 5.97 Å². The molecule has 0 bridgehead atoms. The second kappa shape index (κ2) is 10.5. The standard InChI is InChI=1S/C22H27NO6/c1-5-18(15(3)28-16-9-7-6-8-10-16)29-22(26)14(2)13-17(24)20-21(25)19(27-4)11-12-23-20/h6-12,14-15,18,25H,5,13H2,1-4H3/t14-,15+,18-/m1/s1. The quantitative estimate of drug-likeness (QED) is 0.478. The van der Waals surface area contributed by atoms with E-state index < -0.39 is 23.8 Å². The van der Waals surface area contributed by atoms with Crippen LogP contribution in [0.25, 0.3) is 0 Å². The lowest BCUT2D eigenvalue weighted by Crippen LogP contribution is -2.35. The van der Waals surface area contributed by atoms with Gasteiger partial charge in [0, 0.05) is 18.7 Å². The number of hydrogen-bond acceptors (Lipinski definition) is 7. The van der Waals surface area contributed by atoms with E-state index in [0.29, 0.717) is 12.2 Å². The molecule has 3 atom stereocenters. The Balaban J connectivity index is 1.97. The average Bonchev–Trinajstić information content (AvgIpc) is 2.72. The smallest absolute Gasteiger partial charge is 0.309 e. The monoisotopic (exact) mass is 401 g/mol. The molecular formula is C22H27NO6. The Morgan fingerprint density at radius 1 is 1.14 bits per heavy atom. The summed E-state index contributed by atoms with van der Waals surface area (Å²) >= 11 is 0. The van der Waals surface area contributed by atoms with Crippen molar-refractivity contribution in [1.29, 1.82) is 0 Å². The Labute approximate surface area is 170 Å². The van der Waals surface area contributed by atoms with Crippen LogP contribution in [-0.4, -0.2) is 41.2 Å². The van der Waals surface area contributed by atoms with Crippen LogP contribution in [0.1, 0.15) is 44.1 Å². The van der Waals surface area contributed by atoms with E-state index in [2.05, 4.69) is 4.98 Å². The summed E-state index contributed by atoms with van der Waals surface area (Å²) in [4.78, 5) is 28.9. The van der Waals surface area contributed by atoms with Gasteiger partial charge in [-0.2, -0.15) is 0 Å². The molecule has 0 spiro atoms. The van der Waals surface area contributed by atoms with Crippen molar-refractivity contribution in [2.45, 2.75) is 45.8 Å². The number of ketones is 1. The van der Waals surface area contributed by atoms with E-state index in [1.165, 1.54) is 19.4 Å². The van der Waals surface area contributed by atoms with E-state index in [-0.39, 0.29) is 29.7 Å². The third kappa shape index (κ3) is 5.94. The van der Waals surface area contributed by atoms with Gasteiger partial charge in [0.05, 0.1) is 13.0 Å². The number of aromatic nitrogens is 1. The molecule has 1 heterocycles. The van der Waals surface area contributed by atoms with E-state index in [4.69, 9.17) is 14.2 Å². The van der Waals surface area contributed by atoms with E-state index in [0.717, 1.165) is 0 Å². The number of methoxy groups -OCH3 is 1. The van der Waals surface area contributed by atoms with Gasteiger partial charge < -0.3 is 19.3 Å². The number of carbonyl (C=O) groups is 2. The Kier molecular flexibility index (Phi) is 8.00. The molecule has 2 aromatic rings. The minimum atomic E-state index is -0.701. The summed E-state index contributed by atoms with van der Waals surface area (Å²) < 4.78 is 16.4. The Morgan fingerprint density at radius 3 is 2.45 bits per heavy atom. The molecule has 0 saturated heterocycles. The molecule has 2 rings (SSSR count). The van der Waals surface area contributed by atoms with Crippen molar-refractivity contribution in [3.63, 3.8) is 0 Å². The minimum Gasteiger partial charge on any atom is -0.503 e. The van der Waals surface area contributed by atoms with Crippen LogP contribution in [0.4, 0.5) is 0 Å². The van der Waals surface area contributed by atoms with Crippen LogP contribution >= 0.6 is 0 Å². The summed E-state index contributed by atoms with van der Waals surface area (Å²) in [5, 5.41) is 10.1. The number of ether oxygens (including phenoxy) is 3. The number of Topliss-reactive ketones (excluding diaryl/α,β-unsaturated/α-hetero) is 1. The van der Waals surface area contributed by atoms with Crippen molar-refractivity contribution >= 4 is 11.8 Å². The fourth-order valence-corrected chi connectivity index (χ4v) is 2.83. The number of esters is 1. The molecule has 0 amide bonds. The van der Waals surface area contributed by atoms with E-state index >= 15 is 0 Å². The predicted octanol–water partition coefficient (Wildman–Crippen LogP) is 3.79. The molecule has 0 fully saturated rings. The number of hydrogen-bond donors (Lipinski definition) is 1. The number of nitrogens with zero attached hydrogens (tertiary/aromatic N) is 1. The fourth-order valence-electron chi connectivity index (χ4n) is 2.83. The van der Waals surface area contributed by atoms with Crippen LogP contribution in [0.5, 0.6) is 17.2 Å². The fraction of sp³-hybridized carbons (Fsp3) is 0.409.